The van der Waals surface area contributed by atoms with Gasteiger partial charge in [-0.15, -0.1) is 0 Å². The number of methoxy groups -OCH3 is 1. The monoisotopic (exact) mass is 411 g/mol. The zero-order valence-corrected chi connectivity index (χ0v) is 16.4. The van der Waals surface area contributed by atoms with Crippen molar-refractivity contribution in [1.82, 2.24) is 29.5 Å². The molecule has 28 heavy (non-hydrogen) atoms. The fourth-order valence-electron chi connectivity index (χ4n) is 3.18. The molecule has 1 aliphatic heterocycles. The van der Waals surface area contributed by atoms with Crippen molar-refractivity contribution in [1.29, 1.82) is 0 Å². The molecule has 0 saturated heterocycles. The van der Waals surface area contributed by atoms with Gasteiger partial charge in [0.15, 0.2) is 16.6 Å². The summed E-state index contributed by atoms with van der Waals surface area (Å²) in [6, 6.07) is 6.32. The summed E-state index contributed by atoms with van der Waals surface area (Å²) in [4.78, 5) is 24.7. The molecule has 0 aliphatic carbocycles. The van der Waals surface area contributed by atoms with Gasteiger partial charge in [-0.1, -0.05) is 29.4 Å². The number of anilines is 2. The molecule has 4 heterocycles. The Morgan fingerprint density at radius 3 is 2.89 bits per heavy atom. The van der Waals surface area contributed by atoms with Crippen LogP contribution < -0.4 is 4.90 Å². The lowest BCUT2D eigenvalue weighted by Gasteiger charge is -2.30. The molecule has 4 aromatic rings. The van der Waals surface area contributed by atoms with E-state index < -0.39 is 0 Å². The van der Waals surface area contributed by atoms with Gasteiger partial charge >= 0.3 is 0 Å². The highest BCUT2D eigenvalue weighted by atomic mass is 35.5. The number of aromatic nitrogens is 6. The summed E-state index contributed by atoms with van der Waals surface area (Å²) in [6.07, 6.45) is 6.57. The Labute approximate surface area is 169 Å². The van der Waals surface area contributed by atoms with Crippen LogP contribution in [0.5, 0.6) is 0 Å². The Kier molecular flexibility index (Phi) is 4.34. The van der Waals surface area contributed by atoms with Gasteiger partial charge in [-0.3, -0.25) is 4.90 Å². The van der Waals surface area contributed by atoms with E-state index in [4.69, 9.17) is 16.3 Å². The summed E-state index contributed by atoms with van der Waals surface area (Å²) in [7, 11) is 1.67. The summed E-state index contributed by atoms with van der Waals surface area (Å²) >= 11 is 7.71. The van der Waals surface area contributed by atoms with Crippen LogP contribution in [0.3, 0.4) is 0 Å². The first-order valence-electron chi connectivity index (χ1n) is 8.44. The Morgan fingerprint density at radius 2 is 2.00 bits per heavy atom. The number of imidazole rings is 1. The Balaban J connectivity index is 1.54. The molecule has 140 valence electrons. The predicted molar refractivity (Wildman–Crippen MR) is 106 cm³/mol. The number of nitrogens with zero attached hydrogens (tertiary/aromatic N) is 7. The van der Waals surface area contributed by atoms with E-state index in [0.717, 1.165) is 27.0 Å². The third kappa shape index (κ3) is 2.88. The average molecular weight is 412 g/mol. The number of benzene rings is 1. The third-order valence-corrected chi connectivity index (χ3v) is 5.71. The molecule has 0 saturated carbocycles. The van der Waals surface area contributed by atoms with E-state index in [2.05, 4.69) is 43.1 Å². The minimum atomic E-state index is 0.354. The smallest absolute Gasteiger partial charge is 0.168 e. The summed E-state index contributed by atoms with van der Waals surface area (Å²) in [5.41, 5.74) is 3.44. The normalized spacial score (nSPS) is 12.9. The minimum absolute atomic E-state index is 0.354. The first-order chi connectivity index (χ1) is 13.7. The van der Waals surface area contributed by atoms with E-state index in [9.17, 15) is 0 Å². The molecule has 1 aromatic carbocycles. The molecule has 5 rings (SSSR count). The summed E-state index contributed by atoms with van der Waals surface area (Å²) in [6.45, 7) is 0.996. The molecule has 0 amide bonds. The van der Waals surface area contributed by atoms with Crippen LogP contribution in [-0.2, 0) is 11.3 Å². The van der Waals surface area contributed by atoms with Gasteiger partial charge in [-0.2, -0.15) is 0 Å². The molecule has 8 nitrogen and oxygen atoms in total. The Morgan fingerprint density at radius 1 is 1.11 bits per heavy atom. The number of rotatable bonds is 4. The summed E-state index contributed by atoms with van der Waals surface area (Å²) in [5.74, 6) is 0.798. The van der Waals surface area contributed by atoms with Crippen molar-refractivity contribution in [3.05, 3.63) is 54.0 Å². The molecular formula is C18H14ClN7OS. The van der Waals surface area contributed by atoms with Crippen LogP contribution >= 0.6 is 23.4 Å². The van der Waals surface area contributed by atoms with E-state index in [-0.39, 0.29) is 0 Å². The van der Waals surface area contributed by atoms with Crippen molar-refractivity contribution >= 4 is 46.0 Å². The van der Waals surface area contributed by atoms with E-state index in [1.807, 2.05) is 9.47 Å². The van der Waals surface area contributed by atoms with Gasteiger partial charge in [0.05, 0.1) is 18.6 Å². The van der Waals surface area contributed by atoms with Gasteiger partial charge in [0.2, 0.25) is 0 Å². The second-order valence-corrected chi connectivity index (χ2v) is 7.53. The number of hydrogen-bond donors (Lipinski definition) is 0. The van der Waals surface area contributed by atoms with Crippen LogP contribution in [0.1, 0.15) is 5.56 Å². The second kappa shape index (κ2) is 7.01. The number of ether oxygens (including phenoxy) is 1. The van der Waals surface area contributed by atoms with Gasteiger partial charge < -0.3 is 9.30 Å². The molecule has 0 unspecified atom stereocenters. The van der Waals surface area contributed by atoms with Crippen LogP contribution in [0.4, 0.5) is 11.5 Å². The maximum absolute atomic E-state index is 6.11. The van der Waals surface area contributed by atoms with E-state index in [0.29, 0.717) is 29.6 Å². The van der Waals surface area contributed by atoms with Gasteiger partial charge in [0.25, 0.3) is 0 Å². The van der Waals surface area contributed by atoms with Crippen LogP contribution in [0.25, 0.3) is 11.2 Å². The van der Waals surface area contributed by atoms with Crippen molar-refractivity contribution in [3.63, 3.8) is 0 Å². The molecule has 0 N–H and O–H groups in total. The standard InChI is InChI=1S/C18H14ClN7OS/c1-27-10-26-12-6-11(2-3-13(12)28-18-17(26)20-4-5-21-18)7-25-9-24-14-15(19)22-8-23-16(14)25/h2-6,8-9H,7,10H2,1H3. The second-order valence-electron chi connectivity index (χ2n) is 6.14. The Bertz CT molecular complexity index is 1180. The van der Waals surface area contributed by atoms with Gasteiger partial charge in [0.1, 0.15) is 23.6 Å². The zero-order chi connectivity index (χ0) is 19.1. The highest BCUT2D eigenvalue weighted by Crippen LogP contribution is 2.46. The molecule has 0 atom stereocenters. The zero-order valence-electron chi connectivity index (χ0n) is 14.8. The van der Waals surface area contributed by atoms with Crippen molar-refractivity contribution in [2.45, 2.75) is 16.5 Å². The van der Waals surface area contributed by atoms with E-state index in [1.165, 1.54) is 6.33 Å². The molecule has 0 radical (unpaired) electrons. The van der Waals surface area contributed by atoms with Crippen molar-refractivity contribution in [3.8, 4) is 0 Å². The van der Waals surface area contributed by atoms with E-state index >= 15 is 0 Å². The van der Waals surface area contributed by atoms with Crippen LogP contribution in [0.15, 0.2) is 53.2 Å². The SMILES string of the molecule is COCN1c2cc(Cn3cnc4c(Cl)ncnc43)ccc2Sc2nccnc21. The van der Waals surface area contributed by atoms with Crippen molar-refractivity contribution < 1.29 is 4.74 Å². The maximum Gasteiger partial charge on any atom is 0.168 e. The highest BCUT2D eigenvalue weighted by Gasteiger charge is 2.25. The maximum atomic E-state index is 6.11. The van der Waals surface area contributed by atoms with E-state index in [1.54, 1.807) is 37.6 Å². The minimum Gasteiger partial charge on any atom is -0.364 e. The number of hydrogen-bond acceptors (Lipinski definition) is 8. The summed E-state index contributed by atoms with van der Waals surface area (Å²) < 4.78 is 7.37. The van der Waals surface area contributed by atoms with Gasteiger partial charge in [0, 0.05) is 24.4 Å². The summed E-state index contributed by atoms with van der Waals surface area (Å²) in [5, 5.41) is 1.22. The topological polar surface area (TPSA) is 81.9 Å². The molecule has 0 spiro atoms. The fraction of sp³-hybridized carbons (Fsp3) is 0.167. The molecule has 10 heteroatoms. The van der Waals surface area contributed by atoms with Crippen LogP contribution in [0, 0.1) is 0 Å². The molecule has 1 aliphatic rings. The highest BCUT2D eigenvalue weighted by molar-refractivity contribution is 7.99. The largest absolute Gasteiger partial charge is 0.364 e. The van der Waals surface area contributed by atoms with Crippen LogP contribution in [-0.4, -0.2) is 43.3 Å². The fourth-order valence-corrected chi connectivity index (χ4v) is 4.34. The van der Waals surface area contributed by atoms with Crippen molar-refractivity contribution in [2.75, 3.05) is 18.7 Å². The first-order valence-corrected chi connectivity index (χ1v) is 9.63. The lowest BCUT2D eigenvalue weighted by molar-refractivity contribution is 0.204. The lowest BCUT2D eigenvalue weighted by atomic mass is 10.2. The third-order valence-electron chi connectivity index (χ3n) is 4.39. The lowest BCUT2D eigenvalue weighted by Crippen LogP contribution is -2.24. The molecule has 3 aromatic heterocycles. The van der Waals surface area contributed by atoms with Gasteiger partial charge in [-0.05, 0) is 17.7 Å². The van der Waals surface area contributed by atoms with Crippen LogP contribution in [0.2, 0.25) is 5.15 Å². The van der Waals surface area contributed by atoms with Gasteiger partial charge in [-0.25, -0.2) is 24.9 Å². The Hall–Kier alpha value is -2.75. The molecular weight excluding hydrogens is 398 g/mol. The molecule has 0 fully saturated rings. The van der Waals surface area contributed by atoms with Crippen molar-refractivity contribution in [2.24, 2.45) is 0 Å². The molecule has 0 bridgehead atoms. The number of fused-ring (bicyclic) bond motifs is 3. The first kappa shape index (κ1) is 17.4. The quantitative estimate of drug-likeness (QED) is 0.472. The average Bonchev–Trinajstić information content (AvgIpc) is 3.12. The number of halogens is 1. The predicted octanol–water partition coefficient (Wildman–Crippen LogP) is 3.52.